The maximum Gasteiger partial charge on any atom is 0.239 e. The highest BCUT2D eigenvalue weighted by atomic mass is 16.2. The minimum atomic E-state index is -0.0179. The maximum absolute atomic E-state index is 11.7. The van der Waals surface area contributed by atoms with Gasteiger partial charge in [0.15, 0.2) is 6.29 Å². The molecule has 0 atom stereocenters. The largest absolute Gasteiger partial charge is 0.352 e. The lowest BCUT2D eigenvalue weighted by molar-refractivity contribution is -0.119. The molecule has 1 fully saturated rings. The predicted octanol–water partition coefficient (Wildman–Crippen LogP) is 0.256. The fourth-order valence-electron chi connectivity index (χ4n) is 2.04. The molecule has 1 aliphatic rings. The van der Waals surface area contributed by atoms with Crippen molar-refractivity contribution in [1.82, 2.24) is 15.1 Å². The monoisotopic (exact) mass is 250 g/mol. The number of nitrogens with zero attached hydrogens (tertiary/aromatic N) is 3. The van der Waals surface area contributed by atoms with Crippen LogP contribution in [-0.4, -0.2) is 41.6 Å². The molecule has 0 spiro atoms. The van der Waals surface area contributed by atoms with Crippen LogP contribution >= 0.6 is 0 Å². The van der Waals surface area contributed by atoms with E-state index >= 15 is 0 Å². The number of nitrogens with one attached hydrogen (secondary N) is 1. The van der Waals surface area contributed by atoms with Crippen molar-refractivity contribution in [1.29, 1.82) is 0 Å². The van der Waals surface area contributed by atoms with Crippen molar-refractivity contribution in [2.75, 3.05) is 18.5 Å². The second-order valence-corrected chi connectivity index (χ2v) is 4.76. The molecule has 1 N–H and O–H groups in total. The van der Waals surface area contributed by atoms with Gasteiger partial charge in [0.2, 0.25) is 5.91 Å². The molecule has 0 aromatic carbocycles. The van der Waals surface area contributed by atoms with E-state index in [1.54, 1.807) is 30.6 Å². The van der Waals surface area contributed by atoms with Crippen LogP contribution in [0.5, 0.6) is 0 Å². The number of aldehydes is 1. The summed E-state index contributed by atoms with van der Waals surface area (Å²) in [5, 5.41) is 7.12. The summed E-state index contributed by atoms with van der Waals surface area (Å²) < 4.78 is 1.63. The number of amides is 1. The lowest BCUT2D eigenvalue weighted by Gasteiger charge is -2.19. The Morgan fingerprint density at radius 1 is 1.61 bits per heavy atom. The lowest BCUT2D eigenvalue weighted by atomic mass is 10.2. The van der Waals surface area contributed by atoms with Gasteiger partial charge in [0, 0.05) is 20.1 Å². The van der Waals surface area contributed by atoms with Crippen LogP contribution in [0.25, 0.3) is 0 Å². The number of hydrogen-bond acceptors (Lipinski definition) is 4. The Kier molecular flexibility index (Phi) is 3.36. The summed E-state index contributed by atoms with van der Waals surface area (Å²) in [5.74, 6) is 0.657. The zero-order valence-corrected chi connectivity index (χ0v) is 10.9. The molecule has 1 amide bonds. The Morgan fingerprint density at radius 2 is 2.28 bits per heavy atom. The number of aromatic nitrogens is 2. The molecule has 0 saturated heterocycles. The number of carbonyl (C=O) groups is 2. The first-order valence-corrected chi connectivity index (χ1v) is 6.02. The number of likely N-dealkylation sites (N-methyl/N-ethyl adjacent to an activating group) is 1. The van der Waals surface area contributed by atoms with E-state index in [0.29, 0.717) is 23.1 Å². The first-order chi connectivity index (χ1) is 8.52. The standard InChI is InChI=1S/C12H18N4O2/c1-8-10(7-17)12(16(3)14-8)15(2)6-11(18)13-9-4-5-9/h7,9H,4-6H2,1-3H3,(H,13,18). The van der Waals surface area contributed by atoms with Crippen molar-refractivity contribution >= 4 is 18.0 Å². The molecule has 1 saturated carbocycles. The Hall–Kier alpha value is -1.85. The zero-order chi connectivity index (χ0) is 13.3. The van der Waals surface area contributed by atoms with E-state index in [9.17, 15) is 9.59 Å². The number of hydrogen-bond donors (Lipinski definition) is 1. The maximum atomic E-state index is 11.7. The SMILES string of the molecule is Cc1nn(C)c(N(C)CC(=O)NC2CC2)c1C=O. The van der Waals surface area contributed by atoms with Gasteiger partial charge in [0.05, 0.1) is 17.8 Å². The van der Waals surface area contributed by atoms with Crippen molar-refractivity contribution in [3.63, 3.8) is 0 Å². The fraction of sp³-hybridized carbons (Fsp3) is 0.583. The van der Waals surface area contributed by atoms with Crippen LogP contribution < -0.4 is 10.2 Å². The minimum absolute atomic E-state index is 0.0179. The predicted molar refractivity (Wildman–Crippen MR) is 67.8 cm³/mol. The first-order valence-electron chi connectivity index (χ1n) is 6.02. The van der Waals surface area contributed by atoms with E-state index in [0.717, 1.165) is 19.1 Å². The third-order valence-corrected chi connectivity index (χ3v) is 3.04. The highest BCUT2D eigenvalue weighted by Gasteiger charge is 2.24. The van der Waals surface area contributed by atoms with Crippen LogP contribution in [0.4, 0.5) is 5.82 Å². The van der Waals surface area contributed by atoms with E-state index in [2.05, 4.69) is 10.4 Å². The highest BCUT2D eigenvalue weighted by molar-refractivity contribution is 5.87. The average Bonchev–Trinajstić information content (AvgIpc) is 3.02. The number of rotatable bonds is 5. The molecular weight excluding hydrogens is 232 g/mol. The topological polar surface area (TPSA) is 67.2 Å². The van der Waals surface area contributed by atoms with Gasteiger partial charge in [-0.1, -0.05) is 0 Å². The first kappa shape index (κ1) is 12.6. The summed E-state index contributed by atoms with van der Waals surface area (Å²) in [6.45, 7) is 2.02. The van der Waals surface area contributed by atoms with E-state index in [1.165, 1.54) is 0 Å². The molecule has 1 aromatic rings. The van der Waals surface area contributed by atoms with Gasteiger partial charge in [-0.05, 0) is 19.8 Å². The molecule has 0 radical (unpaired) electrons. The van der Waals surface area contributed by atoms with Crippen LogP contribution in [0.15, 0.2) is 0 Å². The van der Waals surface area contributed by atoms with Gasteiger partial charge in [-0.15, -0.1) is 0 Å². The zero-order valence-electron chi connectivity index (χ0n) is 10.9. The molecule has 0 unspecified atom stereocenters. The summed E-state index contributed by atoms with van der Waals surface area (Å²) in [4.78, 5) is 24.5. The molecule has 0 bridgehead atoms. The van der Waals surface area contributed by atoms with Gasteiger partial charge >= 0.3 is 0 Å². The quantitative estimate of drug-likeness (QED) is 0.761. The molecule has 1 heterocycles. The summed E-state index contributed by atoms with van der Waals surface area (Å²) in [7, 11) is 3.56. The molecule has 98 valence electrons. The van der Waals surface area contributed by atoms with Crippen LogP contribution in [0.1, 0.15) is 28.9 Å². The van der Waals surface area contributed by atoms with Gasteiger partial charge in [-0.2, -0.15) is 5.10 Å². The van der Waals surface area contributed by atoms with Crippen molar-refractivity contribution < 1.29 is 9.59 Å². The second kappa shape index (κ2) is 4.80. The Morgan fingerprint density at radius 3 is 2.83 bits per heavy atom. The smallest absolute Gasteiger partial charge is 0.239 e. The third kappa shape index (κ3) is 2.52. The third-order valence-electron chi connectivity index (χ3n) is 3.04. The van der Waals surface area contributed by atoms with Gasteiger partial charge in [-0.25, -0.2) is 0 Å². The Balaban J connectivity index is 2.09. The van der Waals surface area contributed by atoms with Crippen molar-refractivity contribution in [2.45, 2.75) is 25.8 Å². The molecule has 2 rings (SSSR count). The van der Waals surface area contributed by atoms with E-state index < -0.39 is 0 Å². The number of anilines is 1. The fourth-order valence-corrected chi connectivity index (χ4v) is 2.04. The number of carbonyl (C=O) groups excluding carboxylic acids is 2. The van der Waals surface area contributed by atoms with E-state index in [-0.39, 0.29) is 12.5 Å². The summed E-state index contributed by atoms with van der Waals surface area (Å²) in [5.41, 5.74) is 1.22. The van der Waals surface area contributed by atoms with Crippen molar-refractivity contribution in [2.24, 2.45) is 7.05 Å². The van der Waals surface area contributed by atoms with Crippen LogP contribution in [0, 0.1) is 6.92 Å². The van der Waals surface area contributed by atoms with Crippen molar-refractivity contribution in [3.05, 3.63) is 11.3 Å². The lowest BCUT2D eigenvalue weighted by Crippen LogP contribution is -2.37. The van der Waals surface area contributed by atoms with Crippen molar-refractivity contribution in [3.8, 4) is 0 Å². The normalized spacial score (nSPS) is 14.4. The van der Waals surface area contributed by atoms with Crippen LogP contribution in [-0.2, 0) is 11.8 Å². The Bertz CT molecular complexity index is 477. The van der Waals surface area contributed by atoms with Crippen LogP contribution in [0.3, 0.4) is 0 Å². The Labute approximate surface area is 106 Å². The molecule has 1 aromatic heterocycles. The molecule has 6 nitrogen and oxygen atoms in total. The van der Waals surface area contributed by atoms with Crippen LogP contribution in [0.2, 0.25) is 0 Å². The van der Waals surface area contributed by atoms with Gasteiger partial charge in [0.25, 0.3) is 0 Å². The van der Waals surface area contributed by atoms with E-state index in [4.69, 9.17) is 0 Å². The molecular formula is C12H18N4O2. The molecule has 1 aliphatic carbocycles. The summed E-state index contributed by atoms with van der Waals surface area (Å²) in [6.07, 6.45) is 2.92. The van der Waals surface area contributed by atoms with Gasteiger partial charge in [0.1, 0.15) is 5.82 Å². The molecule has 18 heavy (non-hydrogen) atoms. The average molecular weight is 250 g/mol. The van der Waals surface area contributed by atoms with E-state index in [1.807, 2.05) is 0 Å². The van der Waals surface area contributed by atoms with Gasteiger partial charge in [-0.3, -0.25) is 14.3 Å². The summed E-state index contributed by atoms with van der Waals surface area (Å²) >= 11 is 0. The van der Waals surface area contributed by atoms with Gasteiger partial charge < -0.3 is 10.2 Å². The summed E-state index contributed by atoms with van der Waals surface area (Å²) in [6, 6.07) is 0.352. The highest BCUT2D eigenvalue weighted by Crippen LogP contribution is 2.21. The molecule has 0 aliphatic heterocycles. The molecule has 6 heteroatoms. The minimum Gasteiger partial charge on any atom is -0.352 e. The second-order valence-electron chi connectivity index (χ2n) is 4.76. The number of aryl methyl sites for hydroxylation is 2.